The lowest BCUT2D eigenvalue weighted by molar-refractivity contribution is -0.142. The number of hydrogen-bond acceptors (Lipinski definition) is 8. The molecule has 12 N–H and O–H groups in total. The Balaban J connectivity index is 5.53. The van der Waals surface area contributed by atoms with Crippen molar-refractivity contribution in [1.29, 1.82) is 0 Å². The van der Waals surface area contributed by atoms with Crippen LogP contribution in [-0.4, -0.2) is 87.8 Å². The van der Waals surface area contributed by atoms with Gasteiger partial charge in [-0.1, -0.05) is 13.8 Å². The summed E-state index contributed by atoms with van der Waals surface area (Å²) in [4.78, 5) is 64.4. The molecule has 3 amide bonds. The molecule has 5 atom stereocenters. The van der Waals surface area contributed by atoms with E-state index in [1.165, 1.54) is 6.92 Å². The van der Waals surface area contributed by atoms with E-state index in [0.717, 1.165) is 0 Å². The first kappa shape index (κ1) is 32.5. The van der Waals surface area contributed by atoms with Gasteiger partial charge in [0.2, 0.25) is 17.7 Å². The molecule has 0 rings (SSSR count). The van der Waals surface area contributed by atoms with Gasteiger partial charge in [0.25, 0.3) is 0 Å². The highest BCUT2D eigenvalue weighted by Crippen LogP contribution is 2.09. The number of aliphatic hydroxyl groups is 1. The van der Waals surface area contributed by atoms with Crippen molar-refractivity contribution in [3.63, 3.8) is 0 Å². The number of carboxylic acid groups (broad SMARTS) is 2. The van der Waals surface area contributed by atoms with E-state index >= 15 is 0 Å². The molecule has 0 radical (unpaired) electrons. The summed E-state index contributed by atoms with van der Waals surface area (Å²) in [6.07, 6.45) is -1.59. The predicted octanol–water partition coefficient (Wildman–Crippen LogP) is -2.80. The third kappa shape index (κ3) is 13.4. The SMILES string of the molecule is CC(C)CC(NC(=O)C(CCC(=O)O)NC(=O)C(N)C(C)O)C(=O)NC(CCCN=C(N)N)C(=O)O. The number of hydrogen-bond donors (Lipinski definition) is 9. The lowest BCUT2D eigenvalue weighted by Gasteiger charge is -2.26. The van der Waals surface area contributed by atoms with Gasteiger partial charge in [0.15, 0.2) is 5.96 Å². The summed E-state index contributed by atoms with van der Waals surface area (Å²) in [5, 5.41) is 35.1. The molecule has 0 saturated carbocycles. The van der Waals surface area contributed by atoms with Crippen molar-refractivity contribution < 1.29 is 39.3 Å². The summed E-state index contributed by atoms with van der Waals surface area (Å²) < 4.78 is 0. The van der Waals surface area contributed by atoms with Crippen molar-refractivity contribution in [3.05, 3.63) is 0 Å². The number of amides is 3. The quantitative estimate of drug-likeness (QED) is 0.0539. The highest BCUT2D eigenvalue weighted by atomic mass is 16.4. The first-order valence-electron chi connectivity index (χ1n) is 11.5. The zero-order valence-electron chi connectivity index (χ0n) is 20.8. The molecule has 15 heteroatoms. The number of aliphatic imine (C=N–C) groups is 1. The van der Waals surface area contributed by atoms with Gasteiger partial charge in [-0.3, -0.25) is 24.2 Å². The van der Waals surface area contributed by atoms with Crippen molar-refractivity contribution in [2.24, 2.45) is 28.1 Å². The molecular formula is C21H39N7O8. The Morgan fingerprint density at radius 2 is 1.36 bits per heavy atom. The first-order chi connectivity index (χ1) is 16.6. The normalized spacial score (nSPS) is 15.1. The molecule has 36 heavy (non-hydrogen) atoms. The summed E-state index contributed by atoms with van der Waals surface area (Å²) in [6.45, 7) is 4.99. The maximum Gasteiger partial charge on any atom is 0.326 e. The van der Waals surface area contributed by atoms with Crippen molar-refractivity contribution >= 4 is 35.6 Å². The molecule has 0 aromatic carbocycles. The van der Waals surface area contributed by atoms with Crippen LogP contribution < -0.4 is 33.2 Å². The molecule has 0 bridgehead atoms. The Bertz CT molecular complexity index is 799. The standard InChI is InChI=1S/C21H39N7O8/c1-10(2)9-14(18(33)27-13(20(35)36)5-4-8-25-21(23)24)28-17(32)12(6-7-15(30)31)26-19(34)16(22)11(3)29/h10-14,16,29H,4-9,22H2,1-3H3,(H,26,34)(H,27,33)(H,28,32)(H,30,31)(H,35,36)(H4,23,24,25). The van der Waals surface area contributed by atoms with E-state index in [1.54, 1.807) is 13.8 Å². The van der Waals surface area contributed by atoms with Crippen LogP contribution in [0, 0.1) is 5.92 Å². The van der Waals surface area contributed by atoms with E-state index < -0.39 is 66.4 Å². The Labute approximate surface area is 209 Å². The fourth-order valence-corrected chi connectivity index (χ4v) is 3.03. The number of carbonyl (C=O) groups is 5. The zero-order chi connectivity index (χ0) is 28.0. The Morgan fingerprint density at radius 3 is 1.83 bits per heavy atom. The fourth-order valence-electron chi connectivity index (χ4n) is 3.03. The molecule has 206 valence electrons. The monoisotopic (exact) mass is 517 g/mol. The van der Waals surface area contributed by atoms with Gasteiger partial charge >= 0.3 is 11.9 Å². The molecule has 0 heterocycles. The smallest absolute Gasteiger partial charge is 0.326 e. The minimum atomic E-state index is -1.37. The fraction of sp³-hybridized carbons (Fsp3) is 0.714. The van der Waals surface area contributed by atoms with Gasteiger partial charge in [-0.2, -0.15) is 0 Å². The molecule has 0 aliphatic carbocycles. The first-order valence-corrected chi connectivity index (χ1v) is 11.5. The third-order valence-electron chi connectivity index (χ3n) is 5.00. The van der Waals surface area contributed by atoms with Gasteiger partial charge in [0, 0.05) is 13.0 Å². The minimum Gasteiger partial charge on any atom is -0.481 e. The summed E-state index contributed by atoms with van der Waals surface area (Å²) in [6, 6.07) is -5.18. The number of rotatable bonds is 17. The zero-order valence-corrected chi connectivity index (χ0v) is 20.8. The van der Waals surface area contributed by atoms with Gasteiger partial charge in [-0.15, -0.1) is 0 Å². The van der Waals surface area contributed by atoms with Crippen LogP contribution in [0.4, 0.5) is 0 Å². The molecule has 0 saturated heterocycles. The van der Waals surface area contributed by atoms with Crippen LogP contribution in [0.15, 0.2) is 4.99 Å². The second-order valence-electron chi connectivity index (χ2n) is 8.80. The lowest BCUT2D eigenvalue weighted by Crippen LogP contribution is -2.58. The van der Waals surface area contributed by atoms with E-state index in [1.807, 2.05) is 0 Å². The van der Waals surface area contributed by atoms with E-state index in [9.17, 15) is 34.2 Å². The third-order valence-corrected chi connectivity index (χ3v) is 5.00. The van der Waals surface area contributed by atoms with Crippen LogP contribution in [0.1, 0.15) is 52.9 Å². The summed E-state index contributed by atoms with van der Waals surface area (Å²) in [5.41, 5.74) is 16.0. The number of aliphatic hydroxyl groups excluding tert-OH is 1. The van der Waals surface area contributed by atoms with Gasteiger partial charge < -0.3 is 48.5 Å². The molecular weight excluding hydrogens is 478 g/mol. The number of aliphatic carboxylic acids is 2. The Hall–Kier alpha value is -3.46. The Kier molecular flexibility index (Phi) is 14.7. The van der Waals surface area contributed by atoms with Crippen LogP contribution in [0.2, 0.25) is 0 Å². The average Bonchev–Trinajstić information content (AvgIpc) is 2.76. The molecule has 0 aliphatic heterocycles. The highest BCUT2D eigenvalue weighted by Gasteiger charge is 2.31. The topological polar surface area (TPSA) is 273 Å². The number of nitrogens with zero attached hydrogens (tertiary/aromatic N) is 1. The Morgan fingerprint density at radius 1 is 0.833 bits per heavy atom. The minimum absolute atomic E-state index is 0.0225. The van der Waals surface area contributed by atoms with Crippen molar-refractivity contribution in [1.82, 2.24) is 16.0 Å². The molecule has 0 aromatic heterocycles. The molecule has 5 unspecified atom stereocenters. The van der Waals surface area contributed by atoms with Gasteiger partial charge in [-0.05, 0) is 38.5 Å². The second kappa shape index (κ2) is 16.3. The number of carbonyl (C=O) groups excluding carboxylic acids is 3. The molecule has 0 spiro atoms. The molecule has 0 fully saturated rings. The van der Waals surface area contributed by atoms with Gasteiger partial charge in [0.1, 0.15) is 24.2 Å². The largest absolute Gasteiger partial charge is 0.481 e. The number of carboxylic acids is 2. The summed E-state index contributed by atoms with van der Waals surface area (Å²) in [7, 11) is 0. The van der Waals surface area contributed by atoms with Crippen LogP contribution in [0.5, 0.6) is 0 Å². The second-order valence-corrected chi connectivity index (χ2v) is 8.80. The van der Waals surface area contributed by atoms with E-state index in [2.05, 4.69) is 20.9 Å². The molecule has 15 nitrogen and oxygen atoms in total. The van der Waals surface area contributed by atoms with Crippen LogP contribution in [0.3, 0.4) is 0 Å². The summed E-state index contributed by atoms with van der Waals surface area (Å²) in [5.74, 6) is -5.26. The van der Waals surface area contributed by atoms with Crippen molar-refractivity contribution in [2.45, 2.75) is 83.1 Å². The highest BCUT2D eigenvalue weighted by molar-refractivity contribution is 5.94. The number of nitrogens with two attached hydrogens (primary N) is 3. The average molecular weight is 518 g/mol. The van der Waals surface area contributed by atoms with Gasteiger partial charge in [0.05, 0.1) is 6.10 Å². The lowest BCUT2D eigenvalue weighted by atomic mass is 10.0. The van der Waals surface area contributed by atoms with Crippen LogP contribution in [0.25, 0.3) is 0 Å². The molecule has 0 aliphatic rings. The number of guanidine groups is 1. The van der Waals surface area contributed by atoms with E-state index in [-0.39, 0.29) is 44.1 Å². The molecule has 0 aromatic rings. The van der Waals surface area contributed by atoms with Crippen molar-refractivity contribution in [3.8, 4) is 0 Å². The maximum absolute atomic E-state index is 12.9. The maximum atomic E-state index is 12.9. The van der Waals surface area contributed by atoms with E-state index in [4.69, 9.17) is 22.3 Å². The number of nitrogens with one attached hydrogen (secondary N) is 3. The van der Waals surface area contributed by atoms with Gasteiger partial charge in [-0.25, -0.2) is 4.79 Å². The summed E-state index contributed by atoms with van der Waals surface area (Å²) >= 11 is 0. The van der Waals surface area contributed by atoms with Crippen LogP contribution in [-0.2, 0) is 24.0 Å². The predicted molar refractivity (Wildman–Crippen MR) is 129 cm³/mol. The van der Waals surface area contributed by atoms with Crippen molar-refractivity contribution in [2.75, 3.05) is 6.54 Å². The van der Waals surface area contributed by atoms with Crippen LogP contribution >= 0.6 is 0 Å². The van der Waals surface area contributed by atoms with E-state index in [0.29, 0.717) is 0 Å².